The molecule has 0 unspecified atom stereocenters. The molecule has 1 aromatic heterocycles. The molecule has 7 nitrogen and oxygen atoms in total. The molecule has 2 aliphatic rings. The predicted molar refractivity (Wildman–Crippen MR) is 116 cm³/mol. The van der Waals surface area contributed by atoms with Crippen LogP contribution in [0.1, 0.15) is 16.9 Å². The van der Waals surface area contributed by atoms with E-state index in [1.165, 1.54) is 0 Å². The molecule has 0 aliphatic carbocycles. The second kappa shape index (κ2) is 7.59. The third-order valence-electron chi connectivity index (χ3n) is 5.83. The summed E-state index contributed by atoms with van der Waals surface area (Å²) in [7, 11) is 3.80. The molecule has 3 heterocycles. The second-order valence-corrected chi connectivity index (χ2v) is 7.76. The highest BCUT2D eigenvalue weighted by Gasteiger charge is 2.23. The molecule has 0 amide bonds. The van der Waals surface area contributed by atoms with Crippen molar-refractivity contribution in [3.63, 3.8) is 0 Å². The topological polar surface area (TPSA) is 73.8 Å². The van der Waals surface area contributed by atoms with E-state index in [1.807, 2.05) is 36.4 Å². The number of piperazine rings is 1. The smallest absolute Gasteiger partial charge is 0.172 e. The zero-order valence-electron chi connectivity index (χ0n) is 17.1. The first-order chi connectivity index (χ1) is 14.6. The van der Waals surface area contributed by atoms with Gasteiger partial charge in [-0.15, -0.1) is 10.2 Å². The molecule has 0 atom stereocenters. The SMILES string of the molecule is COc1ccc2c(O)c(C=C3N=Nc4ccccc43)oc2c1CN1CCN(C)CC1. The van der Waals surface area contributed by atoms with Gasteiger partial charge in [0.1, 0.15) is 11.3 Å². The molecule has 0 bridgehead atoms. The summed E-state index contributed by atoms with van der Waals surface area (Å²) < 4.78 is 11.8. The fourth-order valence-corrected chi connectivity index (χ4v) is 4.04. The first-order valence-electron chi connectivity index (χ1n) is 10.1. The van der Waals surface area contributed by atoms with Gasteiger partial charge < -0.3 is 19.2 Å². The first kappa shape index (κ1) is 18.8. The fourth-order valence-electron chi connectivity index (χ4n) is 4.04. The van der Waals surface area contributed by atoms with Crippen LogP contribution >= 0.6 is 0 Å². The standard InChI is InChI=1S/C23H24N4O3/c1-26-9-11-27(12-10-26)14-17-20(29-2)8-7-16-22(28)21(30-23(16)17)13-19-15-5-3-4-6-18(15)24-25-19/h3-8,13,28H,9-12,14H2,1-2H3. The molecule has 2 aromatic carbocycles. The quantitative estimate of drug-likeness (QED) is 0.694. The Bertz CT molecular complexity index is 1160. The van der Waals surface area contributed by atoms with Gasteiger partial charge in [-0.1, -0.05) is 18.2 Å². The zero-order valence-corrected chi connectivity index (χ0v) is 17.1. The summed E-state index contributed by atoms with van der Waals surface area (Å²) in [6.45, 7) is 4.74. The Labute approximate surface area is 174 Å². The average Bonchev–Trinajstić information content (AvgIpc) is 3.32. The first-order valence-corrected chi connectivity index (χ1v) is 10.1. The van der Waals surface area contributed by atoms with Crippen LogP contribution in [0.4, 0.5) is 5.69 Å². The van der Waals surface area contributed by atoms with Gasteiger partial charge in [0.25, 0.3) is 0 Å². The molecule has 7 heteroatoms. The van der Waals surface area contributed by atoms with E-state index in [1.54, 1.807) is 13.2 Å². The maximum atomic E-state index is 10.9. The van der Waals surface area contributed by atoms with E-state index in [9.17, 15) is 5.11 Å². The summed E-state index contributed by atoms with van der Waals surface area (Å²) in [6, 6.07) is 11.5. The molecule has 3 aromatic rings. The molecule has 2 aliphatic heterocycles. The number of fused-ring (bicyclic) bond motifs is 2. The Morgan fingerprint density at radius 3 is 2.70 bits per heavy atom. The normalized spacial score (nSPS) is 18.4. The van der Waals surface area contributed by atoms with Crippen LogP contribution in [-0.2, 0) is 6.54 Å². The van der Waals surface area contributed by atoms with E-state index in [0.717, 1.165) is 48.7 Å². The summed E-state index contributed by atoms with van der Waals surface area (Å²) in [5, 5.41) is 20.0. The number of likely N-dealkylation sites (N-methyl/N-ethyl adjacent to an activating group) is 1. The number of benzene rings is 2. The van der Waals surface area contributed by atoms with Gasteiger partial charge in [-0.05, 0) is 25.2 Å². The van der Waals surface area contributed by atoms with Crippen LogP contribution in [0.3, 0.4) is 0 Å². The second-order valence-electron chi connectivity index (χ2n) is 7.76. The minimum Gasteiger partial charge on any atom is -0.504 e. The van der Waals surface area contributed by atoms with Gasteiger partial charge in [-0.2, -0.15) is 0 Å². The number of furan rings is 1. The van der Waals surface area contributed by atoms with Gasteiger partial charge in [0.05, 0.1) is 29.4 Å². The maximum absolute atomic E-state index is 10.9. The Morgan fingerprint density at radius 2 is 1.90 bits per heavy atom. The summed E-state index contributed by atoms with van der Waals surface area (Å²) in [4.78, 5) is 4.71. The van der Waals surface area contributed by atoms with Crippen LogP contribution < -0.4 is 4.74 Å². The number of hydrogen-bond donors (Lipinski definition) is 1. The summed E-state index contributed by atoms with van der Waals surface area (Å²) in [5.41, 5.74) is 4.02. The molecule has 0 saturated carbocycles. The Morgan fingerprint density at radius 1 is 1.10 bits per heavy atom. The number of ether oxygens (including phenoxy) is 1. The Balaban J connectivity index is 1.55. The summed E-state index contributed by atoms with van der Waals surface area (Å²) >= 11 is 0. The highest BCUT2D eigenvalue weighted by atomic mass is 16.5. The lowest BCUT2D eigenvalue weighted by Gasteiger charge is -2.32. The number of nitrogens with zero attached hydrogens (tertiary/aromatic N) is 4. The molecule has 30 heavy (non-hydrogen) atoms. The lowest BCUT2D eigenvalue weighted by Crippen LogP contribution is -2.43. The number of hydrogen-bond acceptors (Lipinski definition) is 7. The number of aromatic hydroxyl groups is 1. The number of azo groups is 1. The minimum absolute atomic E-state index is 0.111. The third kappa shape index (κ3) is 3.26. The van der Waals surface area contributed by atoms with Gasteiger partial charge in [0.15, 0.2) is 11.5 Å². The molecule has 5 rings (SSSR count). The Kier molecular flexibility index (Phi) is 4.77. The number of rotatable bonds is 4. The third-order valence-corrected chi connectivity index (χ3v) is 5.83. The highest BCUT2D eigenvalue weighted by molar-refractivity contribution is 5.95. The molecule has 0 spiro atoms. The van der Waals surface area contributed by atoms with Crippen LogP contribution in [0.15, 0.2) is 51.0 Å². The monoisotopic (exact) mass is 404 g/mol. The van der Waals surface area contributed by atoms with Crippen LogP contribution in [0, 0.1) is 0 Å². The average molecular weight is 404 g/mol. The van der Waals surface area contributed by atoms with Crippen LogP contribution in [0.25, 0.3) is 22.7 Å². The lowest BCUT2D eigenvalue weighted by atomic mass is 10.1. The van der Waals surface area contributed by atoms with Crippen molar-refractivity contribution in [3.05, 3.63) is 53.3 Å². The summed E-state index contributed by atoms with van der Waals surface area (Å²) in [6.07, 6.45) is 1.75. The van der Waals surface area contributed by atoms with Gasteiger partial charge in [0.2, 0.25) is 0 Å². The molecule has 1 saturated heterocycles. The van der Waals surface area contributed by atoms with Crippen molar-refractivity contribution in [3.8, 4) is 11.5 Å². The lowest BCUT2D eigenvalue weighted by molar-refractivity contribution is 0.147. The van der Waals surface area contributed by atoms with E-state index in [2.05, 4.69) is 27.1 Å². The van der Waals surface area contributed by atoms with Crippen LogP contribution in [0.5, 0.6) is 11.5 Å². The van der Waals surface area contributed by atoms with E-state index in [4.69, 9.17) is 9.15 Å². The predicted octanol–water partition coefficient (Wildman–Crippen LogP) is 4.49. The van der Waals surface area contributed by atoms with Crippen molar-refractivity contribution in [1.82, 2.24) is 9.80 Å². The maximum Gasteiger partial charge on any atom is 0.172 e. The highest BCUT2D eigenvalue weighted by Crippen LogP contribution is 2.42. The van der Waals surface area contributed by atoms with E-state index in [0.29, 0.717) is 29.0 Å². The van der Waals surface area contributed by atoms with E-state index in [-0.39, 0.29) is 5.75 Å². The van der Waals surface area contributed by atoms with Gasteiger partial charge in [-0.25, -0.2) is 0 Å². The van der Waals surface area contributed by atoms with Crippen molar-refractivity contribution in [2.75, 3.05) is 40.3 Å². The van der Waals surface area contributed by atoms with Crippen molar-refractivity contribution in [1.29, 1.82) is 0 Å². The van der Waals surface area contributed by atoms with Crippen LogP contribution in [-0.4, -0.2) is 55.2 Å². The van der Waals surface area contributed by atoms with Gasteiger partial charge >= 0.3 is 0 Å². The van der Waals surface area contributed by atoms with Crippen molar-refractivity contribution in [2.24, 2.45) is 10.2 Å². The number of methoxy groups -OCH3 is 1. The largest absolute Gasteiger partial charge is 0.504 e. The molecule has 1 fully saturated rings. The summed E-state index contributed by atoms with van der Waals surface area (Å²) in [5.74, 6) is 1.25. The van der Waals surface area contributed by atoms with Gasteiger partial charge in [0, 0.05) is 44.4 Å². The molecular weight excluding hydrogens is 380 g/mol. The van der Waals surface area contributed by atoms with E-state index >= 15 is 0 Å². The Hall–Kier alpha value is -3.16. The van der Waals surface area contributed by atoms with Crippen LogP contribution in [0.2, 0.25) is 0 Å². The van der Waals surface area contributed by atoms with Gasteiger partial charge in [-0.3, -0.25) is 4.90 Å². The fraction of sp³-hybridized carbons (Fsp3) is 0.304. The molecule has 0 radical (unpaired) electrons. The molecule has 1 N–H and O–H groups in total. The minimum atomic E-state index is 0.111. The molecular formula is C23H24N4O3. The van der Waals surface area contributed by atoms with E-state index < -0.39 is 0 Å². The zero-order chi connectivity index (χ0) is 20.7. The van der Waals surface area contributed by atoms with Crippen molar-refractivity contribution < 1.29 is 14.3 Å². The van der Waals surface area contributed by atoms with Crippen molar-refractivity contribution in [2.45, 2.75) is 6.54 Å². The molecule has 154 valence electrons. The van der Waals surface area contributed by atoms with Crippen molar-refractivity contribution >= 4 is 28.4 Å².